The summed E-state index contributed by atoms with van der Waals surface area (Å²) < 4.78 is 14.6. The second-order valence-corrected chi connectivity index (χ2v) is 7.53. The molecule has 21 heavy (non-hydrogen) atoms. The van der Waals surface area contributed by atoms with Crippen LogP contribution in [0, 0.1) is 0 Å². The highest BCUT2D eigenvalue weighted by molar-refractivity contribution is 7.84. The molecule has 0 amide bonds. The van der Waals surface area contributed by atoms with E-state index in [2.05, 4.69) is 22.3 Å². The molecule has 1 atom stereocenters. The van der Waals surface area contributed by atoms with Gasteiger partial charge in [0.05, 0.1) is 16.6 Å². The lowest BCUT2D eigenvalue weighted by molar-refractivity contribution is 0.678. The number of fused-ring (bicyclic) bond motifs is 1. The van der Waals surface area contributed by atoms with Crippen molar-refractivity contribution in [3.8, 4) is 0 Å². The minimum Gasteiger partial charge on any atom is -0.317 e. The van der Waals surface area contributed by atoms with Crippen molar-refractivity contribution >= 4 is 10.8 Å². The molecule has 0 N–H and O–H groups in total. The molecule has 2 aliphatic rings. The van der Waals surface area contributed by atoms with E-state index in [1.807, 2.05) is 17.7 Å². The lowest BCUT2D eigenvalue weighted by atomic mass is 10.1. The maximum Gasteiger partial charge on any atom is 0.145 e. The Labute approximate surface area is 127 Å². The molecule has 0 aliphatic heterocycles. The van der Waals surface area contributed by atoms with Gasteiger partial charge in [0.15, 0.2) is 0 Å². The highest BCUT2D eigenvalue weighted by Crippen LogP contribution is 2.38. The third-order valence-corrected chi connectivity index (χ3v) is 5.83. The van der Waals surface area contributed by atoms with Crippen LogP contribution in [-0.4, -0.2) is 19.0 Å². The van der Waals surface area contributed by atoms with E-state index in [1.54, 1.807) is 0 Å². The molecule has 0 saturated heterocycles. The van der Waals surface area contributed by atoms with E-state index in [9.17, 15) is 4.21 Å². The van der Waals surface area contributed by atoms with Gasteiger partial charge in [0, 0.05) is 17.9 Å². The van der Waals surface area contributed by atoms with E-state index in [0.29, 0.717) is 11.7 Å². The van der Waals surface area contributed by atoms with E-state index in [4.69, 9.17) is 0 Å². The lowest BCUT2D eigenvalue weighted by Gasteiger charge is -2.06. The van der Waals surface area contributed by atoms with Crippen LogP contribution in [0.1, 0.15) is 48.0 Å². The Kier molecular flexibility index (Phi) is 3.17. The number of nitrogens with zero attached hydrogens (tertiary/aromatic N) is 3. The Bertz CT molecular complexity index is 718. The van der Waals surface area contributed by atoms with Crippen LogP contribution in [0.4, 0.5) is 0 Å². The first-order valence-electron chi connectivity index (χ1n) is 7.60. The molecule has 1 aromatic carbocycles. The predicted octanol–water partition coefficient (Wildman–Crippen LogP) is 2.49. The van der Waals surface area contributed by atoms with E-state index in [0.717, 1.165) is 29.4 Å². The van der Waals surface area contributed by atoms with Gasteiger partial charge in [-0.15, -0.1) is 10.2 Å². The summed E-state index contributed by atoms with van der Waals surface area (Å²) in [4.78, 5) is 0.923. The summed E-state index contributed by atoms with van der Waals surface area (Å²) in [6.07, 6.45) is 5.92. The standard InChI is InChI=1S/C16H19N3OS/c1-19-15(17-18-16(19)12-5-6-12)10-21(20)14-8-7-11-3-2-4-13(11)9-14/h7-9,12H,2-6,10H2,1H3. The first kappa shape index (κ1) is 13.2. The molecule has 5 heteroatoms. The smallest absolute Gasteiger partial charge is 0.145 e. The molecule has 2 aliphatic carbocycles. The molecular formula is C16H19N3OS. The zero-order chi connectivity index (χ0) is 14.4. The first-order valence-corrected chi connectivity index (χ1v) is 8.92. The Balaban J connectivity index is 1.55. The van der Waals surface area contributed by atoms with Gasteiger partial charge in [0.1, 0.15) is 11.6 Å². The van der Waals surface area contributed by atoms with Crippen LogP contribution in [0.2, 0.25) is 0 Å². The van der Waals surface area contributed by atoms with E-state index in [1.165, 1.54) is 30.4 Å². The van der Waals surface area contributed by atoms with Gasteiger partial charge in [-0.2, -0.15) is 0 Å². The monoisotopic (exact) mass is 301 g/mol. The van der Waals surface area contributed by atoms with Crippen molar-refractivity contribution in [2.45, 2.75) is 48.7 Å². The molecule has 4 rings (SSSR count). The molecular weight excluding hydrogens is 282 g/mol. The van der Waals surface area contributed by atoms with Crippen molar-refractivity contribution in [2.24, 2.45) is 7.05 Å². The largest absolute Gasteiger partial charge is 0.317 e. The number of aromatic nitrogens is 3. The molecule has 1 aromatic heterocycles. The van der Waals surface area contributed by atoms with Gasteiger partial charge in [0.25, 0.3) is 0 Å². The molecule has 4 nitrogen and oxygen atoms in total. The van der Waals surface area contributed by atoms with Gasteiger partial charge < -0.3 is 4.57 Å². The predicted molar refractivity (Wildman–Crippen MR) is 81.6 cm³/mol. The van der Waals surface area contributed by atoms with Crippen LogP contribution in [0.5, 0.6) is 0 Å². The highest BCUT2D eigenvalue weighted by atomic mass is 32.2. The number of rotatable bonds is 4. The van der Waals surface area contributed by atoms with E-state index >= 15 is 0 Å². The van der Waals surface area contributed by atoms with Crippen molar-refractivity contribution in [3.05, 3.63) is 41.0 Å². The van der Waals surface area contributed by atoms with Crippen LogP contribution in [0.25, 0.3) is 0 Å². The second kappa shape index (κ2) is 5.05. The summed E-state index contributed by atoms with van der Waals surface area (Å²) in [6.45, 7) is 0. The normalized spacial score (nSPS) is 18.7. The lowest BCUT2D eigenvalue weighted by Crippen LogP contribution is -2.05. The summed E-state index contributed by atoms with van der Waals surface area (Å²) in [5.41, 5.74) is 2.79. The fraction of sp³-hybridized carbons (Fsp3) is 0.500. The summed E-state index contributed by atoms with van der Waals surface area (Å²) >= 11 is 0. The number of aryl methyl sites for hydroxylation is 2. The summed E-state index contributed by atoms with van der Waals surface area (Å²) in [7, 11) is 0.949. The fourth-order valence-electron chi connectivity index (χ4n) is 3.09. The third kappa shape index (κ3) is 2.44. The minimum atomic E-state index is -1.04. The number of benzene rings is 1. The Morgan fingerprint density at radius 1 is 1.24 bits per heavy atom. The van der Waals surface area contributed by atoms with E-state index in [-0.39, 0.29) is 0 Å². The van der Waals surface area contributed by atoms with Crippen LogP contribution in [-0.2, 0) is 36.4 Å². The molecule has 0 bridgehead atoms. The van der Waals surface area contributed by atoms with Gasteiger partial charge in [-0.3, -0.25) is 4.21 Å². The average Bonchev–Trinajstić information content (AvgIpc) is 3.11. The van der Waals surface area contributed by atoms with Crippen molar-refractivity contribution in [1.82, 2.24) is 14.8 Å². The Morgan fingerprint density at radius 3 is 2.86 bits per heavy atom. The summed E-state index contributed by atoms with van der Waals surface area (Å²) in [5, 5.41) is 8.50. The van der Waals surface area contributed by atoms with Crippen molar-refractivity contribution in [2.75, 3.05) is 0 Å². The van der Waals surface area contributed by atoms with Gasteiger partial charge in [-0.25, -0.2) is 0 Å². The molecule has 0 radical (unpaired) electrons. The maximum atomic E-state index is 12.6. The highest BCUT2D eigenvalue weighted by Gasteiger charge is 2.29. The van der Waals surface area contributed by atoms with Gasteiger partial charge in [-0.1, -0.05) is 6.07 Å². The molecule has 1 saturated carbocycles. The maximum absolute atomic E-state index is 12.6. The van der Waals surface area contributed by atoms with Crippen LogP contribution in [0.15, 0.2) is 23.1 Å². The second-order valence-electron chi connectivity index (χ2n) is 6.08. The SMILES string of the molecule is Cn1c(CS(=O)c2ccc3c(c2)CCC3)nnc1C1CC1. The quantitative estimate of drug-likeness (QED) is 0.871. The Morgan fingerprint density at radius 2 is 2.05 bits per heavy atom. The zero-order valence-electron chi connectivity index (χ0n) is 12.2. The van der Waals surface area contributed by atoms with Crippen LogP contribution in [0.3, 0.4) is 0 Å². The summed E-state index contributed by atoms with van der Waals surface area (Å²) in [5.74, 6) is 2.91. The molecule has 1 unspecified atom stereocenters. The minimum absolute atomic E-state index is 0.453. The molecule has 1 fully saturated rings. The molecule has 0 spiro atoms. The van der Waals surface area contributed by atoms with Gasteiger partial charge in [0.2, 0.25) is 0 Å². The van der Waals surface area contributed by atoms with E-state index < -0.39 is 10.8 Å². The van der Waals surface area contributed by atoms with Crippen molar-refractivity contribution in [1.29, 1.82) is 0 Å². The summed E-state index contributed by atoms with van der Waals surface area (Å²) in [6, 6.07) is 6.27. The first-order chi connectivity index (χ1) is 10.2. The zero-order valence-corrected chi connectivity index (χ0v) is 13.0. The topological polar surface area (TPSA) is 47.8 Å². The molecule has 1 heterocycles. The average molecular weight is 301 g/mol. The number of hydrogen-bond donors (Lipinski definition) is 0. The molecule has 110 valence electrons. The van der Waals surface area contributed by atoms with Crippen LogP contribution < -0.4 is 0 Å². The third-order valence-electron chi connectivity index (χ3n) is 4.53. The molecule has 2 aromatic rings. The van der Waals surface area contributed by atoms with Gasteiger partial charge >= 0.3 is 0 Å². The number of hydrogen-bond acceptors (Lipinski definition) is 3. The fourth-order valence-corrected chi connectivity index (χ4v) is 4.23. The van der Waals surface area contributed by atoms with Crippen molar-refractivity contribution in [3.63, 3.8) is 0 Å². The Hall–Kier alpha value is -1.49. The van der Waals surface area contributed by atoms with Gasteiger partial charge in [-0.05, 0) is 55.4 Å². The van der Waals surface area contributed by atoms with Crippen molar-refractivity contribution < 1.29 is 4.21 Å². The van der Waals surface area contributed by atoms with Crippen LogP contribution >= 0.6 is 0 Å².